The topological polar surface area (TPSA) is 86.2 Å². The van der Waals surface area contributed by atoms with E-state index in [9.17, 15) is 10.1 Å². The smallest absolute Gasteiger partial charge is 0.258 e. The summed E-state index contributed by atoms with van der Waals surface area (Å²) < 4.78 is 1.51. The van der Waals surface area contributed by atoms with Crippen molar-refractivity contribution in [3.05, 3.63) is 52.5 Å². The summed E-state index contributed by atoms with van der Waals surface area (Å²) in [4.78, 5) is 18.9. The third-order valence-corrected chi connectivity index (χ3v) is 2.72. The zero-order valence-corrected chi connectivity index (χ0v) is 10.0. The molecule has 0 aliphatic heterocycles. The molecule has 0 N–H and O–H groups in total. The van der Waals surface area contributed by atoms with Gasteiger partial charge in [0, 0.05) is 12.3 Å². The molecule has 19 heavy (non-hydrogen) atoms. The maximum absolute atomic E-state index is 11.1. The van der Waals surface area contributed by atoms with Crippen LogP contribution < -0.4 is 0 Å². The molecular formula is C12H9N5O2. The van der Waals surface area contributed by atoms with E-state index in [0.29, 0.717) is 22.9 Å². The Morgan fingerprint density at radius 2 is 2.05 bits per heavy atom. The van der Waals surface area contributed by atoms with Gasteiger partial charge in [-0.1, -0.05) is 12.1 Å². The number of nitro groups is 1. The highest BCUT2D eigenvalue weighted by Gasteiger charge is 2.17. The molecule has 2 aromatic heterocycles. The second kappa shape index (κ2) is 4.13. The Morgan fingerprint density at radius 1 is 1.26 bits per heavy atom. The maximum Gasteiger partial charge on any atom is 0.278 e. The first-order valence-electron chi connectivity index (χ1n) is 5.59. The zero-order valence-electron chi connectivity index (χ0n) is 10.0. The van der Waals surface area contributed by atoms with E-state index in [0.717, 1.165) is 0 Å². The van der Waals surface area contributed by atoms with E-state index in [1.54, 1.807) is 37.4 Å². The third kappa shape index (κ3) is 1.81. The molecule has 1 aromatic carbocycles. The van der Waals surface area contributed by atoms with Crippen LogP contribution in [0.25, 0.3) is 17.0 Å². The Morgan fingerprint density at radius 3 is 2.84 bits per heavy atom. The van der Waals surface area contributed by atoms with Crippen LogP contribution in [0.15, 0.2) is 36.5 Å². The van der Waals surface area contributed by atoms with Gasteiger partial charge in [0.15, 0.2) is 0 Å². The number of nitrogens with zero attached hydrogens (tertiary/aromatic N) is 5. The summed E-state index contributed by atoms with van der Waals surface area (Å²) in [5, 5.41) is 15.3. The van der Waals surface area contributed by atoms with Gasteiger partial charge in [0.1, 0.15) is 5.82 Å². The molecule has 0 bridgehead atoms. The molecule has 0 aliphatic carbocycles. The Hall–Kier alpha value is -2.83. The molecule has 0 aliphatic rings. The zero-order chi connectivity index (χ0) is 13.4. The van der Waals surface area contributed by atoms with Crippen LogP contribution in [0.5, 0.6) is 0 Å². The summed E-state index contributed by atoms with van der Waals surface area (Å²) in [5.41, 5.74) is 1.12. The van der Waals surface area contributed by atoms with E-state index < -0.39 is 4.92 Å². The summed E-state index contributed by atoms with van der Waals surface area (Å²) in [7, 11) is 0. The summed E-state index contributed by atoms with van der Waals surface area (Å²) >= 11 is 0. The van der Waals surface area contributed by atoms with Crippen molar-refractivity contribution in [2.75, 3.05) is 0 Å². The van der Waals surface area contributed by atoms with Crippen molar-refractivity contribution in [3.8, 4) is 11.3 Å². The minimum Gasteiger partial charge on any atom is -0.258 e. The van der Waals surface area contributed by atoms with E-state index in [1.807, 2.05) is 0 Å². The summed E-state index contributed by atoms with van der Waals surface area (Å²) in [6, 6.07) is 8.21. The fraction of sp³-hybridized carbons (Fsp3) is 0.0833. The van der Waals surface area contributed by atoms with Crippen molar-refractivity contribution in [1.29, 1.82) is 0 Å². The van der Waals surface area contributed by atoms with E-state index >= 15 is 0 Å². The third-order valence-electron chi connectivity index (χ3n) is 2.72. The fourth-order valence-electron chi connectivity index (χ4n) is 1.95. The number of aryl methyl sites for hydroxylation is 1. The van der Waals surface area contributed by atoms with E-state index in [2.05, 4.69) is 15.1 Å². The van der Waals surface area contributed by atoms with Crippen LogP contribution in [0.1, 0.15) is 5.82 Å². The van der Waals surface area contributed by atoms with Crippen LogP contribution in [0.2, 0.25) is 0 Å². The average Bonchev–Trinajstić information content (AvgIpc) is 2.78. The minimum atomic E-state index is -0.411. The molecule has 0 spiro atoms. The van der Waals surface area contributed by atoms with E-state index in [1.165, 1.54) is 10.6 Å². The first-order valence-corrected chi connectivity index (χ1v) is 5.59. The molecule has 2 heterocycles. The number of hydrogen-bond acceptors (Lipinski definition) is 5. The highest BCUT2D eigenvalue weighted by molar-refractivity contribution is 5.71. The van der Waals surface area contributed by atoms with Crippen LogP contribution in [0.3, 0.4) is 0 Å². The number of nitro benzene ring substituents is 1. The SMILES string of the molecule is Cc1nc2nccc(-c3ccccc3[N+](=O)[O-])n2n1. The second-order valence-corrected chi connectivity index (χ2v) is 3.98. The van der Waals surface area contributed by atoms with E-state index in [-0.39, 0.29) is 5.69 Å². The molecule has 3 aromatic rings. The lowest BCUT2D eigenvalue weighted by Crippen LogP contribution is -1.99. The van der Waals surface area contributed by atoms with Gasteiger partial charge in [0.2, 0.25) is 0 Å². The molecule has 0 fully saturated rings. The van der Waals surface area contributed by atoms with Gasteiger partial charge in [-0.25, -0.2) is 4.98 Å². The number of para-hydroxylation sites is 1. The van der Waals surface area contributed by atoms with Crippen molar-refractivity contribution in [3.63, 3.8) is 0 Å². The first kappa shape index (κ1) is 11.3. The number of fused-ring (bicyclic) bond motifs is 1. The van der Waals surface area contributed by atoms with Gasteiger partial charge in [-0.15, -0.1) is 5.10 Å². The average molecular weight is 255 g/mol. The van der Waals surface area contributed by atoms with Crippen molar-refractivity contribution in [2.45, 2.75) is 6.92 Å². The number of rotatable bonds is 2. The van der Waals surface area contributed by atoms with Crippen LogP contribution in [0, 0.1) is 17.0 Å². The summed E-state index contributed by atoms with van der Waals surface area (Å²) in [5.74, 6) is 0.992. The van der Waals surface area contributed by atoms with Gasteiger partial charge in [-0.05, 0) is 19.1 Å². The number of hydrogen-bond donors (Lipinski definition) is 0. The quantitative estimate of drug-likeness (QED) is 0.516. The van der Waals surface area contributed by atoms with Crippen LogP contribution >= 0.6 is 0 Å². The Balaban J connectivity index is 2.33. The molecule has 0 amide bonds. The molecule has 3 rings (SSSR count). The molecule has 0 saturated heterocycles. The van der Waals surface area contributed by atoms with Crippen molar-refractivity contribution in [1.82, 2.24) is 19.6 Å². The standard InChI is InChI=1S/C12H9N5O2/c1-8-14-12-13-7-6-10(16(12)15-8)9-4-2-3-5-11(9)17(18)19/h2-7H,1H3. The highest BCUT2D eigenvalue weighted by atomic mass is 16.6. The van der Waals surface area contributed by atoms with Crippen molar-refractivity contribution < 1.29 is 4.92 Å². The molecule has 94 valence electrons. The molecule has 0 atom stereocenters. The van der Waals surface area contributed by atoms with Crippen LogP contribution in [-0.4, -0.2) is 24.5 Å². The van der Waals surface area contributed by atoms with Crippen LogP contribution in [-0.2, 0) is 0 Å². The highest BCUT2D eigenvalue weighted by Crippen LogP contribution is 2.28. The van der Waals surface area contributed by atoms with Gasteiger partial charge in [-0.2, -0.15) is 9.50 Å². The fourth-order valence-corrected chi connectivity index (χ4v) is 1.95. The predicted octanol–water partition coefficient (Wildman–Crippen LogP) is 2.01. The Bertz CT molecular complexity index is 781. The predicted molar refractivity (Wildman–Crippen MR) is 67.6 cm³/mol. The Labute approximate surface area is 107 Å². The molecule has 0 saturated carbocycles. The molecule has 7 heteroatoms. The number of benzene rings is 1. The van der Waals surface area contributed by atoms with Crippen molar-refractivity contribution in [2.24, 2.45) is 0 Å². The van der Waals surface area contributed by atoms with E-state index in [4.69, 9.17) is 0 Å². The Kier molecular flexibility index (Phi) is 2.45. The van der Waals surface area contributed by atoms with Gasteiger partial charge in [0.05, 0.1) is 16.2 Å². The lowest BCUT2D eigenvalue weighted by molar-refractivity contribution is -0.384. The lowest BCUT2D eigenvalue weighted by atomic mass is 10.1. The first-order chi connectivity index (χ1) is 9.16. The maximum atomic E-state index is 11.1. The molecule has 0 unspecified atom stereocenters. The monoisotopic (exact) mass is 255 g/mol. The molecular weight excluding hydrogens is 246 g/mol. The largest absolute Gasteiger partial charge is 0.278 e. The summed E-state index contributed by atoms with van der Waals surface area (Å²) in [6.45, 7) is 1.75. The second-order valence-electron chi connectivity index (χ2n) is 3.98. The molecule has 0 radical (unpaired) electrons. The van der Waals surface area contributed by atoms with Gasteiger partial charge >= 0.3 is 0 Å². The van der Waals surface area contributed by atoms with Crippen LogP contribution in [0.4, 0.5) is 5.69 Å². The lowest BCUT2D eigenvalue weighted by Gasteiger charge is -2.04. The number of aromatic nitrogens is 4. The summed E-state index contributed by atoms with van der Waals surface area (Å²) in [6.07, 6.45) is 1.56. The minimum absolute atomic E-state index is 0.0307. The normalized spacial score (nSPS) is 10.8. The van der Waals surface area contributed by atoms with Gasteiger partial charge in [0.25, 0.3) is 11.5 Å². The molecule has 7 nitrogen and oxygen atoms in total. The van der Waals surface area contributed by atoms with Crippen molar-refractivity contribution >= 4 is 11.5 Å². The van der Waals surface area contributed by atoms with Gasteiger partial charge < -0.3 is 0 Å². The van der Waals surface area contributed by atoms with Gasteiger partial charge in [-0.3, -0.25) is 10.1 Å².